The zero-order valence-electron chi connectivity index (χ0n) is 22.7. The summed E-state index contributed by atoms with van der Waals surface area (Å²) in [6.07, 6.45) is 0.270. The maximum atomic E-state index is 15.1. The van der Waals surface area contributed by atoms with Gasteiger partial charge < -0.3 is 25.0 Å². The van der Waals surface area contributed by atoms with Gasteiger partial charge in [-0.1, -0.05) is 30.3 Å². The molecule has 0 bridgehead atoms. The van der Waals surface area contributed by atoms with Gasteiger partial charge in [0.25, 0.3) is 0 Å². The van der Waals surface area contributed by atoms with Crippen LogP contribution in [-0.2, 0) is 25.7 Å². The first-order valence-corrected chi connectivity index (χ1v) is 13.5. The Balaban J connectivity index is 1.14. The minimum atomic E-state index is -0.688. The van der Waals surface area contributed by atoms with Crippen LogP contribution in [0.5, 0.6) is 0 Å². The van der Waals surface area contributed by atoms with Crippen molar-refractivity contribution in [1.82, 2.24) is 9.88 Å². The SMILES string of the molecule is C[C@H](C(N)=O)C1CN(c2ccc(-c3ccc(N4CCN(C(=O)COCc5ccccc5)CC4)nc3)c(F)c2)C(=O)O1. The minimum absolute atomic E-state index is 0.0390. The second-order valence-corrected chi connectivity index (χ2v) is 10.1. The number of primary amides is 1. The zero-order chi connectivity index (χ0) is 28.9. The molecule has 0 saturated carbocycles. The molecule has 0 radical (unpaired) electrons. The number of carbonyl (C=O) groups is 3. The van der Waals surface area contributed by atoms with Crippen LogP contribution >= 0.6 is 0 Å². The van der Waals surface area contributed by atoms with E-state index < -0.39 is 29.8 Å². The highest BCUT2D eigenvalue weighted by molar-refractivity contribution is 5.91. The van der Waals surface area contributed by atoms with Crippen molar-refractivity contribution in [2.24, 2.45) is 11.7 Å². The van der Waals surface area contributed by atoms with Gasteiger partial charge in [0.05, 0.1) is 24.8 Å². The van der Waals surface area contributed by atoms with E-state index in [1.807, 2.05) is 36.4 Å². The Bertz CT molecular complexity index is 1400. The third-order valence-electron chi connectivity index (χ3n) is 7.46. The molecule has 3 amide bonds. The number of benzene rings is 2. The molecule has 3 heterocycles. The van der Waals surface area contributed by atoms with Crippen LogP contribution in [0.3, 0.4) is 0 Å². The molecule has 10 nitrogen and oxygen atoms in total. The summed E-state index contributed by atoms with van der Waals surface area (Å²) in [5, 5.41) is 0. The third-order valence-corrected chi connectivity index (χ3v) is 7.46. The molecule has 0 spiro atoms. The van der Waals surface area contributed by atoms with Gasteiger partial charge in [0, 0.05) is 43.5 Å². The van der Waals surface area contributed by atoms with Gasteiger partial charge in [0.1, 0.15) is 24.3 Å². The number of cyclic esters (lactones) is 1. The summed E-state index contributed by atoms with van der Waals surface area (Å²) in [5.74, 6) is -1.03. The highest BCUT2D eigenvalue weighted by Crippen LogP contribution is 2.30. The monoisotopic (exact) mass is 561 g/mol. The number of piperazine rings is 1. The molecule has 2 atom stereocenters. The Morgan fingerprint density at radius 2 is 1.85 bits per heavy atom. The Morgan fingerprint density at radius 1 is 1.10 bits per heavy atom. The maximum Gasteiger partial charge on any atom is 0.414 e. The van der Waals surface area contributed by atoms with E-state index in [0.29, 0.717) is 49.6 Å². The van der Waals surface area contributed by atoms with Crippen LogP contribution in [0, 0.1) is 11.7 Å². The van der Waals surface area contributed by atoms with Crippen molar-refractivity contribution >= 4 is 29.4 Å². The van der Waals surface area contributed by atoms with E-state index >= 15 is 4.39 Å². The first-order chi connectivity index (χ1) is 19.8. The van der Waals surface area contributed by atoms with Gasteiger partial charge in [-0.15, -0.1) is 0 Å². The van der Waals surface area contributed by atoms with Gasteiger partial charge >= 0.3 is 6.09 Å². The van der Waals surface area contributed by atoms with E-state index in [2.05, 4.69) is 9.88 Å². The molecule has 1 aromatic heterocycles. The summed E-state index contributed by atoms with van der Waals surface area (Å²) in [6.45, 7) is 4.51. The molecule has 2 fully saturated rings. The summed E-state index contributed by atoms with van der Waals surface area (Å²) < 4.78 is 26.0. The number of rotatable bonds is 9. The lowest BCUT2D eigenvalue weighted by molar-refractivity contribution is -0.136. The molecule has 41 heavy (non-hydrogen) atoms. The average Bonchev–Trinajstić information content (AvgIpc) is 3.38. The number of pyridine rings is 1. The predicted octanol–water partition coefficient (Wildman–Crippen LogP) is 3.20. The smallest absolute Gasteiger partial charge is 0.414 e. The molecule has 11 heteroatoms. The Morgan fingerprint density at radius 3 is 2.51 bits per heavy atom. The van der Waals surface area contributed by atoms with E-state index in [4.69, 9.17) is 15.2 Å². The molecule has 0 aliphatic carbocycles. The summed E-state index contributed by atoms with van der Waals surface area (Å²) in [5.41, 5.74) is 7.61. The maximum absolute atomic E-state index is 15.1. The summed E-state index contributed by atoms with van der Waals surface area (Å²) >= 11 is 0. The van der Waals surface area contributed by atoms with Crippen LogP contribution in [0.1, 0.15) is 12.5 Å². The fraction of sp³-hybridized carbons (Fsp3) is 0.333. The van der Waals surface area contributed by atoms with Crippen molar-refractivity contribution in [3.8, 4) is 11.1 Å². The van der Waals surface area contributed by atoms with Gasteiger partial charge in [0.2, 0.25) is 11.8 Å². The lowest BCUT2D eigenvalue weighted by Crippen LogP contribution is -2.50. The van der Waals surface area contributed by atoms with Crippen LogP contribution < -0.4 is 15.5 Å². The molecule has 2 aliphatic heterocycles. The van der Waals surface area contributed by atoms with Gasteiger partial charge in [-0.3, -0.25) is 14.5 Å². The zero-order valence-corrected chi connectivity index (χ0v) is 22.7. The number of hydrogen-bond acceptors (Lipinski definition) is 7. The second kappa shape index (κ2) is 12.3. The number of aromatic nitrogens is 1. The topological polar surface area (TPSA) is 118 Å². The summed E-state index contributed by atoms with van der Waals surface area (Å²) in [7, 11) is 0. The molecule has 2 N–H and O–H groups in total. The number of anilines is 2. The quantitative estimate of drug-likeness (QED) is 0.426. The largest absolute Gasteiger partial charge is 0.443 e. The summed E-state index contributed by atoms with van der Waals surface area (Å²) in [6, 6.07) is 17.8. The first kappa shape index (κ1) is 28.0. The number of ether oxygens (including phenoxy) is 2. The molecule has 214 valence electrons. The van der Waals surface area contributed by atoms with Crippen molar-refractivity contribution in [3.05, 3.63) is 78.2 Å². The third kappa shape index (κ3) is 6.46. The second-order valence-electron chi connectivity index (χ2n) is 10.1. The number of nitrogens with two attached hydrogens (primary N) is 1. The van der Waals surface area contributed by atoms with Crippen LogP contribution in [0.25, 0.3) is 11.1 Å². The van der Waals surface area contributed by atoms with E-state index in [1.54, 1.807) is 36.2 Å². The van der Waals surface area contributed by atoms with Crippen LogP contribution in [-0.4, -0.2) is 73.2 Å². The predicted molar refractivity (Wildman–Crippen MR) is 150 cm³/mol. The van der Waals surface area contributed by atoms with Crippen molar-refractivity contribution in [1.29, 1.82) is 0 Å². The fourth-order valence-electron chi connectivity index (χ4n) is 4.88. The Labute approximate surface area is 237 Å². The molecular weight excluding hydrogens is 529 g/mol. The highest BCUT2D eigenvalue weighted by atomic mass is 19.1. The van der Waals surface area contributed by atoms with E-state index in [-0.39, 0.29) is 19.1 Å². The number of nitrogens with zero attached hydrogens (tertiary/aromatic N) is 4. The number of carbonyl (C=O) groups excluding carboxylic acids is 3. The number of halogens is 1. The van der Waals surface area contributed by atoms with Crippen molar-refractivity contribution in [2.75, 3.05) is 49.1 Å². The van der Waals surface area contributed by atoms with Crippen LogP contribution in [0.4, 0.5) is 20.7 Å². The van der Waals surface area contributed by atoms with E-state index in [9.17, 15) is 14.4 Å². The number of amides is 3. The first-order valence-electron chi connectivity index (χ1n) is 13.5. The Kier molecular flexibility index (Phi) is 8.44. The molecule has 1 unspecified atom stereocenters. The average molecular weight is 562 g/mol. The van der Waals surface area contributed by atoms with Crippen molar-refractivity contribution in [3.63, 3.8) is 0 Å². The minimum Gasteiger partial charge on any atom is -0.443 e. The van der Waals surface area contributed by atoms with Gasteiger partial charge in [0.15, 0.2) is 0 Å². The lowest BCUT2D eigenvalue weighted by Gasteiger charge is -2.35. The Hall–Kier alpha value is -4.51. The fourth-order valence-corrected chi connectivity index (χ4v) is 4.88. The molecule has 3 aromatic rings. The van der Waals surface area contributed by atoms with Crippen LogP contribution in [0.15, 0.2) is 66.9 Å². The highest BCUT2D eigenvalue weighted by Gasteiger charge is 2.38. The standard InChI is InChI=1S/C30H32FN5O5/c1-20(29(32)38)26-17-36(30(39)41-26)23-8-9-24(25(31)15-23)22-7-10-27(33-16-22)34-11-13-35(14-12-34)28(37)19-40-18-21-5-3-2-4-6-21/h2-10,15-16,20,26H,11-14,17-19H2,1H3,(H2,32,38)/t20-,26?/m0/s1. The van der Waals surface area contributed by atoms with Crippen LogP contribution in [0.2, 0.25) is 0 Å². The van der Waals surface area contributed by atoms with E-state index in [1.165, 1.54) is 11.0 Å². The van der Waals surface area contributed by atoms with Gasteiger partial charge in [-0.2, -0.15) is 0 Å². The molecule has 2 aliphatic rings. The van der Waals surface area contributed by atoms with Gasteiger partial charge in [-0.25, -0.2) is 14.2 Å². The summed E-state index contributed by atoms with van der Waals surface area (Å²) in [4.78, 5) is 46.0. The molecule has 2 saturated heterocycles. The number of hydrogen-bond donors (Lipinski definition) is 1. The molecule has 5 rings (SSSR count). The van der Waals surface area contributed by atoms with Crippen molar-refractivity contribution < 1.29 is 28.2 Å². The van der Waals surface area contributed by atoms with E-state index in [0.717, 1.165) is 11.4 Å². The molecule has 2 aromatic carbocycles. The molecular formula is C30H32FN5O5. The van der Waals surface area contributed by atoms with Crippen molar-refractivity contribution in [2.45, 2.75) is 19.6 Å². The normalized spacial score (nSPS) is 17.9. The van der Waals surface area contributed by atoms with Gasteiger partial charge in [-0.05, 0) is 42.8 Å². The lowest BCUT2D eigenvalue weighted by atomic mass is 10.0.